The minimum Gasteiger partial charge on any atom is -0.490 e. The molecule has 28 heavy (non-hydrogen) atoms. The van der Waals surface area contributed by atoms with Crippen molar-refractivity contribution in [1.82, 2.24) is 4.90 Å². The van der Waals surface area contributed by atoms with Crippen molar-refractivity contribution in [2.75, 3.05) is 13.1 Å². The predicted octanol–water partition coefficient (Wildman–Crippen LogP) is 4.01. The van der Waals surface area contributed by atoms with Gasteiger partial charge in [-0.2, -0.15) is 0 Å². The van der Waals surface area contributed by atoms with E-state index in [4.69, 9.17) is 10.5 Å². The van der Waals surface area contributed by atoms with Gasteiger partial charge in [0.25, 0.3) is 5.91 Å². The number of benzene rings is 1. The summed E-state index contributed by atoms with van der Waals surface area (Å²) in [5.41, 5.74) is 6.40. The topological polar surface area (TPSA) is 72.6 Å². The van der Waals surface area contributed by atoms with E-state index in [1.165, 1.54) is 0 Å². The maximum atomic E-state index is 13.0. The molecule has 1 saturated heterocycles. The summed E-state index contributed by atoms with van der Waals surface area (Å²) < 4.78 is 6.05. The number of rotatable bonds is 4. The van der Waals surface area contributed by atoms with Gasteiger partial charge in [0.2, 0.25) is 5.91 Å². The Kier molecular flexibility index (Phi) is 6.31. The fourth-order valence-electron chi connectivity index (χ4n) is 4.72. The molecule has 1 aliphatic heterocycles. The van der Waals surface area contributed by atoms with Crippen LogP contribution in [-0.4, -0.2) is 35.9 Å². The lowest BCUT2D eigenvalue weighted by molar-refractivity contribution is -0.123. The van der Waals surface area contributed by atoms with E-state index in [1.54, 1.807) is 0 Å². The Bertz CT molecular complexity index is 690. The van der Waals surface area contributed by atoms with Gasteiger partial charge in [-0.3, -0.25) is 9.59 Å². The van der Waals surface area contributed by atoms with E-state index in [1.807, 2.05) is 29.2 Å². The number of primary amides is 1. The number of amides is 2. The number of nitrogens with two attached hydrogens (primary N) is 1. The van der Waals surface area contributed by atoms with E-state index >= 15 is 0 Å². The van der Waals surface area contributed by atoms with Crippen molar-refractivity contribution in [3.8, 4) is 5.75 Å². The molecule has 0 aromatic heterocycles. The Morgan fingerprint density at radius 3 is 2.36 bits per heavy atom. The van der Waals surface area contributed by atoms with Gasteiger partial charge < -0.3 is 15.4 Å². The first-order valence-corrected chi connectivity index (χ1v) is 10.6. The molecule has 2 fully saturated rings. The highest BCUT2D eigenvalue weighted by Gasteiger charge is 2.30. The predicted molar refractivity (Wildman–Crippen MR) is 110 cm³/mol. The van der Waals surface area contributed by atoms with E-state index in [9.17, 15) is 9.59 Å². The third-order valence-corrected chi connectivity index (χ3v) is 6.26. The number of carbonyl (C=O) groups excluding carboxylic acids is 2. The zero-order chi connectivity index (χ0) is 20.3. The van der Waals surface area contributed by atoms with Crippen LogP contribution in [0, 0.1) is 17.3 Å². The van der Waals surface area contributed by atoms with Crippen LogP contribution in [0.5, 0.6) is 5.75 Å². The van der Waals surface area contributed by atoms with Crippen molar-refractivity contribution >= 4 is 11.8 Å². The summed E-state index contributed by atoms with van der Waals surface area (Å²) in [4.78, 5) is 26.2. The third-order valence-electron chi connectivity index (χ3n) is 6.26. The highest BCUT2D eigenvalue weighted by molar-refractivity contribution is 5.94. The molecule has 0 bridgehead atoms. The molecule has 1 saturated carbocycles. The first kappa shape index (κ1) is 20.7. The van der Waals surface area contributed by atoms with Crippen molar-refractivity contribution in [2.24, 2.45) is 23.0 Å². The molecule has 1 aliphatic carbocycles. The maximum Gasteiger partial charge on any atom is 0.253 e. The summed E-state index contributed by atoms with van der Waals surface area (Å²) in [7, 11) is 0. The lowest BCUT2D eigenvalue weighted by atomic mass is 9.82. The first-order valence-electron chi connectivity index (χ1n) is 10.6. The molecule has 2 N–H and O–H groups in total. The van der Waals surface area contributed by atoms with E-state index in [-0.39, 0.29) is 23.8 Å². The molecule has 0 radical (unpaired) electrons. The molecule has 1 unspecified atom stereocenters. The molecule has 2 amide bonds. The molecule has 5 heteroatoms. The minimum absolute atomic E-state index is 0.0131. The van der Waals surface area contributed by atoms with Gasteiger partial charge in [-0.1, -0.05) is 20.8 Å². The summed E-state index contributed by atoms with van der Waals surface area (Å²) in [6.45, 7) is 8.46. The van der Waals surface area contributed by atoms with Crippen LogP contribution in [0.2, 0.25) is 0 Å². The fraction of sp³-hybridized carbons (Fsp3) is 0.652. The number of nitrogens with zero attached hydrogens (tertiary/aromatic N) is 1. The maximum absolute atomic E-state index is 13.0. The molecule has 5 nitrogen and oxygen atoms in total. The fourth-order valence-corrected chi connectivity index (χ4v) is 4.72. The van der Waals surface area contributed by atoms with E-state index in [0.717, 1.165) is 62.9 Å². The molecular weight excluding hydrogens is 352 g/mol. The average molecular weight is 387 g/mol. The molecule has 1 atom stereocenters. The van der Waals surface area contributed by atoms with Crippen molar-refractivity contribution in [1.29, 1.82) is 0 Å². The lowest BCUT2D eigenvalue weighted by Gasteiger charge is -2.27. The van der Waals surface area contributed by atoms with E-state index < -0.39 is 0 Å². The number of likely N-dealkylation sites (tertiary alicyclic amines) is 1. The average Bonchev–Trinajstić information content (AvgIpc) is 2.79. The summed E-state index contributed by atoms with van der Waals surface area (Å²) in [6, 6.07) is 7.51. The van der Waals surface area contributed by atoms with Crippen LogP contribution in [0.1, 0.15) is 69.7 Å². The van der Waals surface area contributed by atoms with Crippen molar-refractivity contribution in [2.45, 2.75) is 65.4 Å². The van der Waals surface area contributed by atoms with Crippen LogP contribution < -0.4 is 10.5 Å². The Balaban J connectivity index is 1.57. The molecule has 3 rings (SSSR count). The molecule has 1 aromatic carbocycles. The van der Waals surface area contributed by atoms with Gasteiger partial charge in [-0.15, -0.1) is 0 Å². The summed E-state index contributed by atoms with van der Waals surface area (Å²) >= 11 is 0. The monoisotopic (exact) mass is 386 g/mol. The number of carbonyl (C=O) groups is 2. The van der Waals surface area contributed by atoms with Crippen molar-refractivity contribution in [3.05, 3.63) is 29.8 Å². The zero-order valence-electron chi connectivity index (χ0n) is 17.4. The third kappa shape index (κ3) is 5.27. The Hall–Kier alpha value is -2.04. The first-order chi connectivity index (χ1) is 13.2. The second-order valence-electron chi connectivity index (χ2n) is 9.49. The second kappa shape index (κ2) is 8.54. The van der Waals surface area contributed by atoms with Gasteiger partial charge in [0.15, 0.2) is 0 Å². The number of hydrogen-bond acceptors (Lipinski definition) is 3. The van der Waals surface area contributed by atoms with Gasteiger partial charge in [0.05, 0.1) is 6.10 Å². The summed E-state index contributed by atoms with van der Waals surface area (Å²) in [5.74, 6) is 1.19. The highest BCUT2D eigenvalue weighted by Crippen LogP contribution is 2.33. The summed E-state index contributed by atoms with van der Waals surface area (Å²) in [5, 5.41) is 0. The van der Waals surface area contributed by atoms with Crippen LogP contribution in [0.15, 0.2) is 24.3 Å². The Morgan fingerprint density at radius 2 is 1.75 bits per heavy atom. The van der Waals surface area contributed by atoms with Crippen LogP contribution in [0.25, 0.3) is 0 Å². The van der Waals surface area contributed by atoms with E-state index in [0.29, 0.717) is 11.3 Å². The minimum atomic E-state index is -0.201. The Morgan fingerprint density at radius 1 is 1.11 bits per heavy atom. The van der Waals surface area contributed by atoms with Crippen molar-refractivity contribution < 1.29 is 14.3 Å². The normalized spacial score (nSPS) is 27.7. The van der Waals surface area contributed by atoms with Gasteiger partial charge in [-0.25, -0.2) is 0 Å². The van der Waals surface area contributed by atoms with Crippen LogP contribution in [-0.2, 0) is 4.79 Å². The number of ether oxygens (including phenoxy) is 1. The van der Waals surface area contributed by atoms with E-state index in [2.05, 4.69) is 20.8 Å². The standard InChI is InChI=1S/C23H34N2O3/c1-16-14-23(2,3)12-13-25(15-16)22(27)18-6-10-20(11-7-18)28-19-8-4-17(5-9-19)21(24)26/h6-7,10-11,16-17,19H,4-5,8-9,12-15H2,1-3H3,(H2,24,26). The van der Waals surface area contributed by atoms with Crippen LogP contribution in [0.4, 0.5) is 0 Å². The van der Waals surface area contributed by atoms with Crippen molar-refractivity contribution in [3.63, 3.8) is 0 Å². The van der Waals surface area contributed by atoms with Crippen LogP contribution >= 0.6 is 0 Å². The molecule has 154 valence electrons. The molecule has 2 aliphatic rings. The molecular formula is C23H34N2O3. The quantitative estimate of drug-likeness (QED) is 0.850. The second-order valence-corrected chi connectivity index (χ2v) is 9.49. The van der Waals surface area contributed by atoms with Gasteiger partial charge >= 0.3 is 0 Å². The largest absolute Gasteiger partial charge is 0.490 e. The SMILES string of the molecule is CC1CN(C(=O)c2ccc(OC3CCC(C(N)=O)CC3)cc2)CCC(C)(C)C1. The smallest absolute Gasteiger partial charge is 0.253 e. The zero-order valence-corrected chi connectivity index (χ0v) is 17.4. The Labute approximate surface area is 168 Å². The van der Waals surface area contributed by atoms with Gasteiger partial charge in [0, 0.05) is 24.6 Å². The lowest BCUT2D eigenvalue weighted by Crippen LogP contribution is -2.34. The summed E-state index contributed by atoms with van der Waals surface area (Å²) in [6.07, 6.45) is 5.58. The van der Waals surface area contributed by atoms with Crippen LogP contribution in [0.3, 0.4) is 0 Å². The molecule has 0 spiro atoms. The molecule has 1 aromatic rings. The number of hydrogen-bond donors (Lipinski definition) is 1. The van der Waals surface area contributed by atoms with Gasteiger partial charge in [0.1, 0.15) is 5.75 Å². The van der Waals surface area contributed by atoms with Gasteiger partial charge in [-0.05, 0) is 74.1 Å². The highest BCUT2D eigenvalue weighted by atomic mass is 16.5. The molecule has 1 heterocycles.